The van der Waals surface area contributed by atoms with Crippen LogP contribution in [-0.2, 0) is 0 Å². The Bertz CT molecular complexity index is 306. The van der Waals surface area contributed by atoms with Gasteiger partial charge in [-0.3, -0.25) is 0 Å². The van der Waals surface area contributed by atoms with E-state index < -0.39 is 0 Å². The summed E-state index contributed by atoms with van der Waals surface area (Å²) in [4.78, 5) is 0. The molecule has 0 spiro atoms. The molecule has 0 radical (unpaired) electrons. The van der Waals surface area contributed by atoms with Gasteiger partial charge in [-0.1, -0.05) is 29.6 Å². The van der Waals surface area contributed by atoms with Gasteiger partial charge < -0.3 is 0 Å². The normalized spacial score (nSPS) is 36.4. The lowest BCUT2D eigenvalue weighted by atomic mass is 10.00. The molecule has 0 amide bonds. The van der Waals surface area contributed by atoms with Crippen LogP contribution in [0.15, 0.2) is 21.2 Å². The molecule has 0 unspecified atom stereocenters. The predicted molar refractivity (Wildman–Crippen MR) is 60.4 cm³/mol. The van der Waals surface area contributed by atoms with Crippen molar-refractivity contribution in [1.29, 1.82) is 0 Å². The Labute approximate surface area is 95.0 Å². The molecule has 0 aromatic heterocycles. The van der Waals surface area contributed by atoms with Crippen LogP contribution >= 0.6 is 23.2 Å². The van der Waals surface area contributed by atoms with Gasteiger partial charge >= 0.3 is 0 Å². The summed E-state index contributed by atoms with van der Waals surface area (Å²) in [7, 11) is 0. The summed E-state index contributed by atoms with van der Waals surface area (Å²) in [6.07, 6.45) is 7.50. The summed E-state index contributed by atoms with van der Waals surface area (Å²) in [5.41, 5.74) is 3.09. The van der Waals surface area contributed by atoms with Crippen molar-refractivity contribution in [2.75, 3.05) is 0 Å². The van der Waals surface area contributed by atoms with E-state index in [9.17, 15) is 0 Å². The first-order valence-electron chi connectivity index (χ1n) is 5.56. The Balaban J connectivity index is 1.64. The van der Waals surface area contributed by atoms with Crippen LogP contribution in [0.3, 0.4) is 0 Å². The van der Waals surface area contributed by atoms with Crippen molar-refractivity contribution < 1.29 is 0 Å². The first kappa shape index (κ1) is 9.30. The maximum atomic E-state index is 6.13. The number of halogens is 2. The van der Waals surface area contributed by atoms with Crippen molar-refractivity contribution in [1.82, 2.24) is 0 Å². The number of rotatable bonds is 0. The number of hydrogen-bond donors (Lipinski definition) is 0. The van der Waals surface area contributed by atoms with Crippen LogP contribution < -0.4 is 0 Å². The van der Waals surface area contributed by atoms with Crippen LogP contribution in [0.5, 0.6) is 0 Å². The lowest BCUT2D eigenvalue weighted by Crippen LogP contribution is -1.91. The van der Waals surface area contributed by atoms with Gasteiger partial charge in [0.1, 0.15) is 0 Å². The molecule has 0 aliphatic heterocycles. The van der Waals surface area contributed by atoms with Crippen LogP contribution in [0.1, 0.15) is 38.5 Å². The molecule has 0 heterocycles. The molecule has 1 saturated carbocycles. The van der Waals surface area contributed by atoms with Crippen LogP contribution in [0.2, 0.25) is 0 Å². The zero-order valence-corrected chi connectivity index (χ0v) is 9.67. The molecule has 14 heavy (non-hydrogen) atoms. The minimum absolute atomic E-state index is 0.677. The molecule has 1 fully saturated rings. The second-order valence-corrected chi connectivity index (χ2v) is 5.45. The molecular weight excluding hydrogens is 215 g/mol. The maximum absolute atomic E-state index is 6.13. The topological polar surface area (TPSA) is 0 Å². The monoisotopic (exact) mass is 228 g/mol. The SMILES string of the molecule is ClC1=C2CCCC3=C(Cl)[C@@H]3CCC[C@H]12. The van der Waals surface area contributed by atoms with Crippen molar-refractivity contribution >= 4 is 23.2 Å². The molecule has 3 aliphatic rings. The Morgan fingerprint density at radius 2 is 1.29 bits per heavy atom. The molecule has 3 rings (SSSR count). The van der Waals surface area contributed by atoms with Crippen molar-refractivity contribution in [3.63, 3.8) is 0 Å². The molecule has 0 bridgehead atoms. The van der Waals surface area contributed by atoms with E-state index in [2.05, 4.69) is 0 Å². The van der Waals surface area contributed by atoms with Crippen LogP contribution in [0.25, 0.3) is 0 Å². The molecular formula is C12H14Cl2. The maximum Gasteiger partial charge on any atom is 0.0251 e. The summed E-state index contributed by atoms with van der Waals surface area (Å²) in [5, 5.41) is 2.36. The fraction of sp³-hybridized carbons (Fsp3) is 0.667. The van der Waals surface area contributed by atoms with E-state index in [4.69, 9.17) is 23.2 Å². The second-order valence-electron chi connectivity index (χ2n) is 4.64. The zero-order chi connectivity index (χ0) is 9.71. The Morgan fingerprint density at radius 3 is 1.79 bits per heavy atom. The molecule has 0 saturated heterocycles. The summed E-state index contributed by atoms with van der Waals surface area (Å²) < 4.78 is 0. The smallest absolute Gasteiger partial charge is 0.0251 e. The van der Waals surface area contributed by atoms with Crippen molar-refractivity contribution in [2.24, 2.45) is 11.8 Å². The van der Waals surface area contributed by atoms with Gasteiger partial charge in [0.15, 0.2) is 0 Å². The molecule has 2 atom stereocenters. The van der Waals surface area contributed by atoms with E-state index in [-0.39, 0.29) is 0 Å². The van der Waals surface area contributed by atoms with Gasteiger partial charge in [0.05, 0.1) is 0 Å². The van der Waals surface area contributed by atoms with Gasteiger partial charge in [0.25, 0.3) is 0 Å². The number of allylic oxidation sites excluding steroid dienone is 4. The molecule has 76 valence electrons. The van der Waals surface area contributed by atoms with Gasteiger partial charge in [-0.05, 0) is 43.3 Å². The Kier molecular flexibility index (Phi) is 2.18. The van der Waals surface area contributed by atoms with E-state index in [1.54, 1.807) is 11.1 Å². The third-order valence-corrected chi connectivity index (χ3v) is 4.79. The minimum Gasteiger partial charge on any atom is -0.0885 e. The zero-order valence-electron chi connectivity index (χ0n) is 8.15. The van der Waals surface area contributed by atoms with E-state index in [1.165, 1.54) is 48.6 Å². The van der Waals surface area contributed by atoms with Crippen molar-refractivity contribution in [2.45, 2.75) is 38.5 Å². The predicted octanol–water partition coefficient (Wildman–Crippen LogP) is 4.59. The first-order valence-corrected chi connectivity index (χ1v) is 6.31. The van der Waals surface area contributed by atoms with Gasteiger partial charge in [-0.25, -0.2) is 0 Å². The molecule has 0 N–H and O–H groups in total. The molecule has 2 heteroatoms. The summed E-state index contributed by atoms with van der Waals surface area (Å²) in [6.45, 7) is 0. The average Bonchev–Trinajstić information content (AvgIpc) is 3.00. The number of fused-ring (bicyclic) bond motifs is 2. The highest BCUT2D eigenvalue weighted by Gasteiger charge is 2.38. The molecule has 0 aromatic rings. The highest BCUT2D eigenvalue weighted by Crippen LogP contribution is 2.54. The van der Waals surface area contributed by atoms with E-state index in [0.29, 0.717) is 11.8 Å². The van der Waals surface area contributed by atoms with Gasteiger partial charge in [0.2, 0.25) is 0 Å². The molecule has 0 nitrogen and oxygen atoms in total. The van der Waals surface area contributed by atoms with Crippen molar-refractivity contribution in [3.8, 4) is 0 Å². The fourth-order valence-electron chi connectivity index (χ4n) is 2.76. The largest absolute Gasteiger partial charge is 0.0885 e. The van der Waals surface area contributed by atoms with E-state index >= 15 is 0 Å². The summed E-state index contributed by atoms with van der Waals surface area (Å²) in [6, 6.07) is 0. The second kappa shape index (κ2) is 3.28. The average molecular weight is 229 g/mol. The molecule has 3 aliphatic carbocycles. The summed E-state index contributed by atoms with van der Waals surface area (Å²) >= 11 is 12.3. The van der Waals surface area contributed by atoms with Crippen LogP contribution in [-0.4, -0.2) is 0 Å². The highest BCUT2D eigenvalue weighted by atomic mass is 35.5. The lowest BCUT2D eigenvalue weighted by molar-refractivity contribution is 0.585. The number of hydrogen-bond acceptors (Lipinski definition) is 0. The first-order chi connectivity index (χ1) is 6.79. The van der Waals surface area contributed by atoms with E-state index in [1.807, 2.05) is 0 Å². The Morgan fingerprint density at radius 1 is 0.786 bits per heavy atom. The minimum atomic E-state index is 0.677. The fourth-order valence-corrected chi connectivity index (χ4v) is 3.58. The van der Waals surface area contributed by atoms with E-state index in [0.717, 1.165) is 0 Å². The quantitative estimate of drug-likeness (QED) is 0.570. The van der Waals surface area contributed by atoms with Crippen LogP contribution in [0, 0.1) is 11.8 Å². The van der Waals surface area contributed by atoms with Gasteiger partial charge in [-0.15, -0.1) is 0 Å². The molecule has 0 aromatic carbocycles. The lowest BCUT2D eigenvalue weighted by Gasteiger charge is -2.05. The summed E-state index contributed by atoms with van der Waals surface area (Å²) in [5.74, 6) is 1.35. The van der Waals surface area contributed by atoms with Crippen molar-refractivity contribution in [3.05, 3.63) is 21.2 Å². The van der Waals surface area contributed by atoms with Crippen LogP contribution in [0.4, 0.5) is 0 Å². The highest BCUT2D eigenvalue weighted by molar-refractivity contribution is 6.33. The Hall–Kier alpha value is 0.0600. The van der Waals surface area contributed by atoms with Gasteiger partial charge in [0, 0.05) is 21.9 Å². The van der Waals surface area contributed by atoms with Gasteiger partial charge in [-0.2, -0.15) is 0 Å². The third-order valence-electron chi connectivity index (χ3n) is 3.78. The third kappa shape index (κ3) is 1.44. The standard InChI is InChI=1S/C12H14Cl2/c13-11-7-3-1-4-8-10(12(8)14)6-2-5-9(7)11/h7-8H,1-6H2/t7-,8+.